The van der Waals surface area contributed by atoms with Gasteiger partial charge in [0, 0.05) is 35.2 Å². The zero-order valence-corrected chi connectivity index (χ0v) is 16.4. The van der Waals surface area contributed by atoms with Crippen LogP contribution in [0.2, 0.25) is 0 Å². The number of anilines is 1. The van der Waals surface area contributed by atoms with Crippen LogP contribution < -0.4 is 11.0 Å². The molecule has 2 heterocycles. The molecule has 8 nitrogen and oxygen atoms in total. The summed E-state index contributed by atoms with van der Waals surface area (Å²) in [5, 5.41) is 4.32. The maximum absolute atomic E-state index is 12.9. The Balaban J connectivity index is 1.25. The Morgan fingerprint density at radius 2 is 1.55 bits per heavy atom. The summed E-state index contributed by atoms with van der Waals surface area (Å²) in [5.74, 6) is -0.912. The molecule has 3 aromatic carbocycles. The summed E-state index contributed by atoms with van der Waals surface area (Å²) >= 11 is 0. The number of hydrogen-bond acceptors (Lipinski definition) is 4. The highest BCUT2D eigenvalue weighted by Crippen LogP contribution is 2.30. The van der Waals surface area contributed by atoms with Crippen molar-refractivity contribution < 1.29 is 14.4 Å². The predicted molar refractivity (Wildman–Crippen MR) is 116 cm³/mol. The van der Waals surface area contributed by atoms with Gasteiger partial charge >= 0.3 is 5.69 Å². The van der Waals surface area contributed by atoms with Crippen molar-refractivity contribution in [2.24, 2.45) is 0 Å². The minimum Gasteiger partial charge on any atom is -0.326 e. The van der Waals surface area contributed by atoms with Gasteiger partial charge in [0.15, 0.2) is 0 Å². The highest BCUT2D eigenvalue weighted by molar-refractivity contribution is 6.25. The van der Waals surface area contributed by atoms with E-state index in [4.69, 9.17) is 0 Å². The first-order valence-corrected chi connectivity index (χ1v) is 9.91. The number of nitrogens with one attached hydrogen (secondary N) is 3. The summed E-state index contributed by atoms with van der Waals surface area (Å²) in [4.78, 5) is 55.9. The zero-order valence-electron chi connectivity index (χ0n) is 16.4. The Labute approximate surface area is 175 Å². The maximum Gasteiger partial charge on any atom is 0.323 e. The molecular formula is C23H18N4O4. The molecule has 1 aliphatic rings. The second-order valence-corrected chi connectivity index (χ2v) is 7.46. The molecule has 1 aliphatic heterocycles. The topological polar surface area (TPSA) is 115 Å². The molecule has 31 heavy (non-hydrogen) atoms. The summed E-state index contributed by atoms with van der Waals surface area (Å²) in [6.07, 6.45) is 0.481. The fourth-order valence-corrected chi connectivity index (χ4v) is 4.02. The third-order valence-corrected chi connectivity index (χ3v) is 5.44. The molecule has 154 valence electrons. The molecule has 0 unspecified atom stereocenters. The van der Waals surface area contributed by atoms with Crippen LogP contribution in [0.25, 0.3) is 21.8 Å². The fraction of sp³-hybridized carbons (Fsp3) is 0.130. The smallest absolute Gasteiger partial charge is 0.323 e. The zero-order chi connectivity index (χ0) is 21.5. The minimum absolute atomic E-state index is 0.143. The Bertz CT molecular complexity index is 1380. The number of nitrogens with zero attached hydrogens (tertiary/aromatic N) is 1. The molecule has 0 saturated heterocycles. The standard InChI is InChI=1S/C23H18N4O4/c28-19(24-14-9-10-17-18(12-14)26-23(31)25-17)8-3-11-27-21(29)15-6-1-4-13-5-2-7-16(20(13)15)22(27)30/h1-2,4-7,9-10,12H,3,8,11H2,(H,24,28)(H2,25,26,31). The molecule has 0 bridgehead atoms. The van der Waals surface area contributed by atoms with Gasteiger partial charge in [-0.05, 0) is 42.1 Å². The fourth-order valence-electron chi connectivity index (χ4n) is 4.02. The summed E-state index contributed by atoms with van der Waals surface area (Å²) in [5.41, 5.74) is 2.50. The van der Waals surface area contributed by atoms with Crippen molar-refractivity contribution >= 4 is 45.2 Å². The molecule has 0 radical (unpaired) electrons. The van der Waals surface area contributed by atoms with Crippen LogP contribution in [0.1, 0.15) is 33.6 Å². The summed E-state index contributed by atoms with van der Waals surface area (Å²) in [6, 6.07) is 15.9. The van der Waals surface area contributed by atoms with E-state index in [9.17, 15) is 19.2 Å². The predicted octanol–water partition coefficient (Wildman–Crippen LogP) is 3.02. The summed E-state index contributed by atoms with van der Waals surface area (Å²) < 4.78 is 0. The number of hydrogen-bond donors (Lipinski definition) is 3. The van der Waals surface area contributed by atoms with E-state index >= 15 is 0 Å². The van der Waals surface area contributed by atoms with Gasteiger partial charge < -0.3 is 15.3 Å². The number of carbonyl (C=O) groups excluding carboxylic acids is 3. The molecular weight excluding hydrogens is 396 g/mol. The van der Waals surface area contributed by atoms with Crippen molar-refractivity contribution in [2.45, 2.75) is 12.8 Å². The van der Waals surface area contributed by atoms with Crippen molar-refractivity contribution in [1.82, 2.24) is 14.9 Å². The van der Waals surface area contributed by atoms with Crippen molar-refractivity contribution in [3.8, 4) is 0 Å². The molecule has 4 aromatic rings. The Morgan fingerprint density at radius 1 is 0.871 bits per heavy atom. The van der Waals surface area contributed by atoms with Gasteiger partial charge in [0.1, 0.15) is 0 Å². The van der Waals surface area contributed by atoms with Crippen LogP contribution in [0.4, 0.5) is 5.69 Å². The average Bonchev–Trinajstić information content (AvgIpc) is 3.13. The summed E-state index contributed by atoms with van der Waals surface area (Å²) in [6.45, 7) is 0.153. The van der Waals surface area contributed by atoms with Gasteiger partial charge in [-0.2, -0.15) is 0 Å². The van der Waals surface area contributed by atoms with E-state index in [-0.39, 0.29) is 36.4 Å². The molecule has 3 N–H and O–H groups in total. The SMILES string of the molecule is O=C(CCCN1C(=O)c2cccc3cccc(c23)C1=O)Nc1ccc2[nH]c(=O)[nH]c2c1. The quantitative estimate of drug-likeness (QED) is 0.435. The lowest BCUT2D eigenvalue weighted by atomic mass is 9.94. The molecule has 0 fully saturated rings. The van der Waals surface area contributed by atoms with Crippen LogP contribution in [-0.2, 0) is 4.79 Å². The van der Waals surface area contributed by atoms with E-state index in [2.05, 4.69) is 15.3 Å². The highest BCUT2D eigenvalue weighted by Gasteiger charge is 2.32. The number of amides is 3. The highest BCUT2D eigenvalue weighted by atomic mass is 16.2. The van der Waals surface area contributed by atoms with Gasteiger partial charge in [-0.15, -0.1) is 0 Å². The number of fused-ring (bicyclic) bond motifs is 1. The van der Waals surface area contributed by atoms with Gasteiger partial charge in [0.2, 0.25) is 5.91 Å². The molecule has 8 heteroatoms. The molecule has 0 spiro atoms. The first-order chi connectivity index (χ1) is 15.0. The molecule has 0 aliphatic carbocycles. The normalized spacial score (nSPS) is 13.2. The number of benzene rings is 3. The van der Waals surface area contributed by atoms with Crippen LogP contribution in [0.15, 0.2) is 59.4 Å². The average molecular weight is 414 g/mol. The number of aromatic nitrogens is 2. The van der Waals surface area contributed by atoms with Crippen LogP contribution in [0, 0.1) is 0 Å². The van der Waals surface area contributed by atoms with Crippen LogP contribution >= 0.6 is 0 Å². The Morgan fingerprint density at radius 3 is 2.26 bits per heavy atom. The van der Waals surface area contributed by atoms with Crippen LogP contribution in [-0.4, -0.2) is 39.1 Å². The van der Waals surface area contributed by atoms with E-state index in [1.54, 1.807) is 42.5 Å². The lowest BCUT2D eigenvalue weighted by molar-refractivity contribution is -0.116. The third-order valence-electron chi connectivity index (χ3n) is 5.44. The van der Waals surface area contributed by atoms with Gasteiger partial charge in [-0.3, -0.25) is 19.3 Å². The van der Waals surface area contributed by atoms with Gasteiger partial charge in [-0.1, -0.05) is 24.3 Å². The van der Waals surface area contributed by atoms with Crippen molar-refractivity contribution in [3.63, 3.8) is 0 Å². The van der Waals surface area contributed by atoms with Crippen LogP contribution in [0.3, 0.4) is 0 Å². The van der Waals surface area contributed by atoms with E-state index in [1.165, 1.54) is 4.90 Å². The number of imide groups is 1. The first-order valence-electron chi connectivity index (χ1n) is 9.91. The lowest BCUT2D eigenvalue weighted by Gasteiger charge is -2.27. The van der Waals surface area contributed by atoms with E-state index in [0.29, 0.717) is 39.7 Å². The first kappa shape index (κ1) is 18.8. The van der Waals surface area contributed by atoms with Crippen molar-refractivity contribution in [3.05, 3.63) is 76.2 Å². The Hall–Kier alpha value is -4.20. The summed E-state index contributed by atoms with van der Waals surface area (Å²) in [7, 11) is 0. The number of aromatic amines is 2. The number of carbonyl (C=O) groups is 3. The largest absolute Gasteiger partial charge is 0.326 e. The van der Waals surface area contributed by atoms with E-state index in [1.807, 2.05) is 12.1 Å². The van der Waals surface area contributed by atoms with Crippen molar-refractivity contribution in [1.29, 1.82) is 0 Å². The number of imidazole rings is 1. The van der Waals surface area contributed by atoms with Gasteiger partial charge in [0.05, 0.1) is 11.0 Å². The van der Waals surface area contributed by atoms with Gasteiger partial charge in [0.25, 0.3) is 11.8 Å². The minimum atomic E-state index is -0.337. The second-order valence-electron chi connectivity index (χ2n) is 7.46. The van der Waals surface area contributed by atoms with E-state index < -0.39 is 0 Å². The monoisotopic (exact) mass is 414 g/mol. The van der Waals surface area contributed by atoms with Crippen LogP contribution in [0.5, 0.6) is 0 Å². The second kappa shape index (κ2) is 7.24. The van der Waals surface area contributed by atoms with E-state index in [0.717, 1.165) is 5.39 Å². The molecule has 5 rings (SSSR count). The molecule has 0 saturated carbocycles. The lowest BCUT2D eigenvalue weighted by Crippen LogP contribution is -2.41. The number of H-pyrrole nitrogens is 2. The Kier molecular flexibility index (Phi) is 4.39. The van der Waals surface area contributed by atoms with Gasteiger partial charge in [-0.25, -0.2) is 4.79 Å². The third kappa shape index (κ3) is 3.28. The van der Waals surface area contributed by atoms with Crippen molar-refractivity contribution in [2.75, 3.05) is 11.9 Å². The molecule has 3 amide bonds. The molecule has 1 aromatic heterocycles. The maximum atomic E-state index is 12.9. The number of rotatable bonds is 5. The molecule has 0 atom stereocenters.